The van der Waals surface area contributed by atoms with Crippen molar-refractivity contribution in [2.24, 2.45) is 0 Å². The topological polar surface area (TPSA) is 173 Å². The van der Waals surface area contributed by atoms with Gasteiger partial charge in [-0.25, -0.2) is 9.59 Å². The quantitative estimate of drug-likeness (QED) is 0.297. The van der Waals surface area contributed by atoms with Gasteiger partial charge >= 0.3 is 30.0 Å². The number of aliphatic carboxylic acids is 1. The molecule has 4 rings (SSSR count). The monoisotopic (exact) mass is 613 g/mol. The molecule has 1 amide bonds. The number of carbonyl (C=O) groups is 5. The molecular weight excluding hydrogens is 578 g/mol. The van der Waals surface area contributed by atoms with Gasteiger partial charge in [0.25, 0.3) is 0 Å². The molecule has 13 nitrogen and oxygen atoms in total. The van der Waals surface area contributed by atoms with Crippen LogP contribution in [0.2, 0.25) is 0 Å². The molecule has 1 aliphatic heterocycles. The van der Waals surface area contributed by atoms with Crippen molar-refractivity contribution in [2.75, 3.05) is 6.61 Å². The normalized spacial score (nSPS) is 23.7. The third-order valence-electron chi connectivity index (χ3n) is 7.33. The first-order valence-electron chi connectivity index (χ1n) is 14.0. The molecule has 2 aromatic carbocycles. The number of fused-ring (bicyclic) bond motifs is 3. The number of esters is 3. The number of ether oxygens (including phenoxy) is 6. The maximum absolute atomic E-state index is 12.9. The molecule has 1 aliphatic carbocycles. The van der Waals surface area contributed by atoms with Gasteiger partial charge in [0.15, 0.2) is 30.6 Å². The van der Waals surface area contributed by atoms with Crippen molar-refractivity contribution in [1.29, 1.82) is 0 Å². The van der Waals surface area contributed by atoms with Gasteiger partial charge in [-0.1, -0.05) is 48.5 Å². The van der Waals surface area contributed by atoms with Crippen LogP contribution in [0.25, 0.3) is 11.1 Å². The molecule has 2 aliphatic rings. The fourth-order valence-corrected chi connectivity index (χ4v) is 5.52. The number of carboxylic acids is 1. The van der Waals surface area contributed by atoms with Crippen molar-refractivity contribution in [2.45, 2.75) is 83.4 Å². The van der Waals surface area contributed by atoms with E-state index in [9.17, 15) is 29.1 Å². The molecule has 1 fully saturated rings. The van der Waals surface area contributed by atoms with Gasteiger partial charge in [-0.2, -0.15) is 0 Å². The summed E-state index contributed by atoms with van der Waals surface area (Å²) in [5, 5.41) is 12.3. The maximum atomic E-state index is 12.9. The lowest BCUT2D eigenvalue weighted by Gasteiger charge is -2.44. The van der Waals surface area contributed by atoms with Crippen LogP contribution in [-0.2, 0) is 47.6 Å². The smallest absolute Gasteiger partial charge is 0.407 e. The number of nitrogens with one attached hydrogen (secondary N) is 1. The molecule has 2 N–H and O–H groups in total. The number of alkyl carbamates (subject to hydrolysis) is 1. The zero-order valence-electron chi connectivity index (χ0n) is 24.9. The summed E-state index contributed by atoms with van der Waals surface area (Å²) in [5.74, 6) is -3.93. The fourth-order valence-electron chi connectivity index (χ4n) is 5.52. The minimum absolute atomic E-state index is 0.0409. The molecule has 7 atom stereocenters. The Labute approximate surface area is 253 Å². The van der Waals surface area contributed by atoms with Crippen LogP contribution in [0.3, 0.4) is 0 Å². The van der Waals surface area contributed by atoms with Gasteiger partial charge in [-0.05, 0) is 36.1 Å². The molecule has 0 unspecified atom stereocenters. The highest BCUT2D eigenvalue weighted by Gasteiger charge is 2.52. The van der Waals surface area contributed by atoms with Crippen molar-refractivity contribution in [3.8, 4) is 11.1 Å². The third-order valence-corrected chi connectivity index (χ3v) is 7.33. The van der Waals surface area contributed by atoms with E-state index in [0.29, 0.717) is 0 Å². The second-order valence-corrected chi connectivity index (χ2v) is 10.6. The fraction of sp³-hybridized carbons (Fsp3) is 0.452. The number of benzene rings is 2. The third kappa shape index (κ3) is 7.34. The molecule has 2 aromatic rings. The number of amides is 1. The summed E-state index contributed by atoms with van der Waals surface area (Å²) in [5.41, 5.74) is 4.05. The number of hydrogen-bond acceptors (Lipinski definition) is 11. The summed E-state index contributed by atoms with van der Waals surface area (Å²) in [6.45, 7) is 6.20. The average Bonchev–Trinajstić information content (AvgIpc) is 3.27. The van der Waals surface area contributed by atoms with E-state index in [4.69, 9.17) is 28.4 Å². The van der Waals surface area contributed by atoms with Crippen LogP contribution in [0.1, 0.15) is 51.7 Å². The summed E-state index contributed by atoms with van der Waals surface area (Å²) >= 11 is 0. The highest BCUT2D eigenvalue weighted by Crippen LogP contribution is 2.44. The van der Waals surface area contributed by atoms with Crippen molar-refractivity contribution in [1.82, 2.24) is 5.32 Å². The van der Waals surface area contributed by atoms with Crippen LogP contribution in [0.4, 0.5) is 4.79 Å². The molecular formula is C31H35NO12. The average molecular weight is 614 g/mol. The van der Waals surface area contributed by atoms with E-state index in [0.717, 1.165) is 43.0 Å². The maximum Gasteiger partial charge on any atom is 0.407 e. The first-order valence-corrected chi connectivity index (χ1v) is 14.0. The van der Waals surface area contributed by atoms with Crippen LogP contribution >= 0.6 is 0 Å². The molecule has 44 heavy (non-hydrogen) atoms. The second-order valence-electron chi connectivity index (χ2n) is 10.6. The van der Waals surface area contributed by atoms with Crippen molar-refractivity contribution >= 4 is 30.0 Å². The van der Waals surface area contributed by atoms with E-state index in [2.05, 4.69) is 5.32 Å². The minimum Gasteiger partial charge on any atom is -0.480 e. The Hall–Kier alpha value is -4.49. The van der Waals surface area contributed by atoms with Gasteiger partial charge < -0.3 is 38.8 Å². The summed E-state index contributed by atoms with van der Waals surface area (Å²) in [6.07, 6.45) is -8.59. The van der Waals surface area contributed by atoms with Gasteiger partial charge in [0.2, 0.25) is 0 Å². The van der Waals surface area contributed by atoms with E-state index in [1.807, 2.05) is 48.5 Å². The zero-order valence-corrected chi connectivity index (χ0v) is 24.9. The lowest BCUT2D eigenvalue weighted by molar-refractivity contribution is -0.310. The van der Waals surface area contributed by atoms with Crippen LogP contribution in [0, 0.1) is 0 Å². The van der Waals surface area contributed by atoms with Crippen LogP contribution in [0.5, 0.6) is 0 Å². The Kier molecular flexibility index (Phi) is 10.2. The molecule has 0 aromatic heterocycles. The number of hydrogen-bond donors (Lipinski definition) is 2. The lowest BCUT2D eigenvalue weighted by Crippen LogP contribution is -2.62. The largest absolute Gasteiger partial charge is 0.480 e. The summed E-state index contributed by atoms with van der Waals surface area (Å²) < 4.78 is 33.1. The molecule has 0 bridgehead atoms. The number of carbonyl (C=O) groups excluding carboxylic acids is 4. The Morgan fingerprint density at radius 2 is 1.32 bits per heavy atom. The Bertz CT molecular complexity index is 1360. The van der Waals surface area contributed by atoms with E-state index in [1.165, 1.54) is 13.8 Å². The van der Waals surface area contributed by atoms with Crippen LogP contribution < -0.4 is 5.32 Å². The molecule has 0 spiro atoms. The van der Waals surface area contributed by atoms with Crippen molar-refractivity contribution in [3.05, 3.63) is 59.7 Å². The second kappa shape index (κ2) is 13.9. The van der Waals surface area contributed by atoms with E-state index >= 15 is 0 Å². The van der Waals surface area contributed by atoms with E-state index < -0.39 is 72.8 Å². The lowest BCUT2D eigenvalue weighted by atomic mass is 9.98. The number of rotatable bonds is 10. The van der Waals surface area contributed by atoms with Gasteiger partial charge in [-0.15, -0.1) is 0 Å². The van der Waals surface area contributed by atoms with Crippen LogP contribution in [0.15, 0.2) is 48.5 Å². The highest BCUT2D eigenvalue weighted by atomic mass is 16.7. The zero-order chi connectivity index (χ0) is 32.1. The van der Waals surface area contributed by atoms with Gasteiger partial charge in [0.1, 0.15) is 6.61 Å². The highest BCUT2D eigenvalue weighted by molar-refractivity contribution is 5.81. The first kappa shape index (κ1) is 32.4. The van der Waals surface area contributed by atoms with Gasteiger partial charge in [0, 0.05) is 26.7 Å². The van der Waals surface area contributed by atoms with Crippen molar-refractivity contribution in [3.63, 3.8) is 0 Å². The Balaban J connectivity index is 1.46. The molecule has 13 heteroatoms. The minimum atomic E-state index is -1.62. The molecule has 236 valence electrons. The van der Waals surface area contributed by atoms with E-state index in [-0.39, 0.29) is 12.5 Å². The summed E-state index contributed by atoms with van der Waals surface area (Å²) in [7, 11) is 0. The Morgan fingerprint density at radius 3 is 1.84 bits per heavy atom. The molecule has 0 radical (unpaired) electrons. The summed E-state index contributed by atoms with van der Waals surface area (Å²) in [4.78, 5) is 60.7. The first-order chi connectivity index (χ1) is 20.9. The predicted octanol–water partition coefficient (Wildman–Crippen LogP) is 2.92. The molecule has 1 heterocycles. The predicted molar refractivity (Wildman–Crippen MR) is 151 cm³/mol. The SMILES string of the molecule is CC(=O)O[C@H]1[C@@H](OC(C)=O)[C@@H](C)O[C@H](O[C@@H](C)[C@H](NC(=O)OCC2c3ccccc3-c3ccccc32)C(=O)O)[C@@H]1OC(C)=O. The van der Waals surface area contributed by atoms with E-state index in [1.54, 1.807) is 0 Å². The van der Waals surface area contributed by atoms with Gasteiger partial charge in [-0.3, -0.25) is 14.4 Å². The summed E-state index contributed by atoms with van der Waals surface area (Å²) in [6, 6.07) is 13.9. The van der Waals surface area contributed by atoms with Crippen LogP contribution in [-0.4, -0.2) is 84.5 Å². The van der Waals surface area contributed by atoms with Crippen molar-refractivity contribution < 1.29 is 57.5 Å². The van der Waals surface area contributed by atoms with Gasteiger partial charge in [0.05, 0.1) is 12.2 Å². The Morgan fingerprint density at radius 1 is 0.818 bits per heavy atom. The molecule has 0 saturated carbocycles. The molecule has 1 saturated heterocycles. The number of carboxylic acid groups (broad SMARTS) is 1. The standard InChI is InChI=1S/C31H35NO12/c1-15(40-30-28(44-19(5)35)27(43-18(4)34)26(16(2)41-30)42-17(3)33)25(29(36)37)32-31(38)39-14-24-22-12-8-6-10-20(22)21-11-7-9-13-23(21)24/h6-13,15-16,24-28,30H,14H2,1-5H3,(H,32,38)(H,36,37)/t15-,16+,25-,26-,27-,28+,30-/m0/s1.